The van der Waals surface area contributed by atoms with Gasteiger partial charge in [-0.1, -0.05) is 13.8 Å². The van der Waals surface area contributed by atoms with Crippen molar-refractivity contribution in [1.29, 1.82) is 0 Å². The molecule has 2 heterocycles. The summed E-state index contributed by atoms with van der Waals surface area (Å²) < 4.78 is 0. The first-order valence-corrected chi connectivity index (χ1v) is 7.28. The van der Waals surface area contributed by atoms with Gasteiger partial charge in [0.15, 0.2) is 0 Å². The summed E-state index contributed by atoms with van der Waals surface area (Å²) in [6.07, 6.45) is 1.89. The molecular weight excluding hydrogens is 248 g/mol. The predicted molar refractivity (Wildman–Crippen MR) is 85.0 cm³/mol. The predicted octanol–water partition coefficient (Wildman–Crippen LogP) is 2.25. The van der Waals surface area contributed by atoms with Gasteiger partial charge in [0.2, 0.25) is 0 Å². The van der Waals surface area contributed by atoms with Crippen LogP contribution in [0.15, 0.2) is 30.5 Å². The minimum Gasteiger partial charge on any atom is -0.399 e. The number of pyridine rings is 1. The molecule has 0 radical (unpaired) electrons. The van der Waals surface area contributed by atoms with Crippen LogP contribution in [0.1, 0.15) is 13.8 Å². The van der Waals surface area contributed by atoms with E-state index in [4.69, 9.17) is 5.73 Å². The maximum atomic E-state index is 5.94. The van der Waals surface area contributed by atoms with Gasteiger partial charge in [-0.25, -0.2) is 0 Å². The van der Waals surface area contributed by atoms with E-state index in [1.165, 1.54) is 5.69 Å². The van der Waals surface area contributed by atoms with Crippen molar-refractivity contribution in [3.05, 3.63) is 30.5 Å². The molecule has 0 bridgehead atoms. The van der Waals surface area contributed by atoms with Crippen molar-refractivity contribution in [3.8, 4) is 0 Å². The van der Waals surface area contributed by atoms with Crippen molar-refractivity contribution in [2.45, 2.75) is 19.9 Å². The molecule has 0 saturated carbocycles. The molecule has 0 spiro atoms. The Morgan fingerprint density at radius 3 is 3.00 bits per heavy atom. The molecule has 0 aliphatic carbocycles. The summed E-state index contributed by atoms with van der Waals surface area (Å²) in [5.41, 5.74) is 8.99. The summed E-state index contributed by atoms with van der Waals surface area (Å²) >= 11 is 0. The number of nitrogens with one attached hydrogen (secondary N) is 1. The molecule has 1 saturated heterocycles. The first-order chi connectivity index (χ1) is 9.65. The van der Waals surface area contributed by atoms with Gasteiger partial charge in [0.05, 0.1) is 5.52 Å². The van der Waals surface area contributed by atoms with E-state index in [9.17, 15) is 0 Å². The maximum absolute atomic E-state index is 5.94. The van der Waals surface area contributed by atoms with Gasteiger partial charge in [-0.05, 0) is 30.2 Å². The van der Waals surface area contributed by atoms with Gasteiger partial charge in [-0.3, -0.25) is 4.98 Å². The van der Waals surface area contributed by atoms with Gasteiger partial charge >= 0.3 is 0 Å². The molecule has 1 aliphatic heterocycles. The quantitative estimate of drug-likeness (QED) is 0.822. The largest absolute Gasteiger partial charge is 0.399 e. The van der Waals surface area contributed by atoms with Crippen molar-refractivity contribution in [2.75, 3.05) is 30.3 Å². The van der Waals surface area contributed by atoms with Crippen LogP contribution in [-0.2, 0) is 0 Å². The standard InChI is InChI=1S/C16H22N4/c1-11(2)15-10-20(8-7-19-15)16-5-6-18-14-4-3-12(17)9-13(14)16/h3-6,9,11,15,19H,7-8,10,17H2,1-2H3/t15-/m0/s1. The highest BCUT2D eigenvalue weighted by Gasteiger charge is 2.23. The van der Waals surface area contributed by atoms with E-state index in [1.54, 1.807) is 0 Å². The van der Waals surface area contributed by atoms with Crippen LogP contribution in [0, 0.1) is 5.92 Å². The van der Waals surface area contributed by atoms with Crippen LogP contribution in [0.4, 0.5) is 11.4 Å². The molecule has 106 valence electrons. The average Bonchev–Trinajstić information content (AvgIpc) is 2.46. The maximum Gasteiger partial charge on any atom is 0.0724 e. The summed E-state index contributed by atoms with van der Waals surface area (Å²) in [6.45, 7) is 7.62. The van der Waals surface area contributed by atoms with Gasteiger partial charge in [-0.15, -0.1) is 0 Å². The highest BCUT2D eigenvalue weighted by molar-refractivity contribution is 5.93. The third-order valence-electron chi connectivity index (χ3n) is 4.09. The van der Waals surface area contributed by atoms with Crippen molar-refractivity contribution in [3.63, 3.8) is 0 Å². The number of benzene rings is 1. The third-order valence-corrected chi connectivity index (χ3v) is 4.09. The molecule has 2 aromatic rings. The Morgan fingerprint density at radius 1 is 1.35 bits per heavy atom. The fourth-order valence-corrected chi connectivity index (χ4v) is 2.87. The minimum atomic E-state index is 0.535. The van der Waals surface area contributed by atoms with Crippen molar-refractivity contribution in [2.24, 2.45) is 5.92 Å². The highest BCUT2D eigenvalue weighted by Crippen LogP contribution is 2.28. The number of aromatic nitrogens is 1. The van der Waals surface area contributed by atoms with E-state index >= 15 is 0 Å². The Kier molecular flexibility index (Phi) is 3.49. The van der Waals surface area contributed by atoms with Crippen LogP contribution < -0.4 is 16.0 Å². The molecule has 4 nitrogen and oxygen atoms in total. The molecule has 3 N–H and O–H groups in total. The summed E-state index contributed by atoms with van der Waals surface area (Å²) in [7, 11) is 0. The summed E-state index contributed by atoms with van der Waals surface area (Å²) in [4.78, 5) is 6.88. The average molecular weight is 270 g/mol. The summed E-state index contributed by atoms with van der Waals surface area (Å²) in [5, 5.41) is 4.75. The van der Waals surface area contributed by atoms with Crippen LogP contribution in [0.2, 0.25) is 0 Å². The first kappa shape index (κ1) is 13.2. The Bertz CT molecular complexity index is 608. The van der Waals surface area contributed by atoms with Gasteiger partial charge in [-0.2, -0.15) is 0 Å². The topological polar surface area (TPSA) is 54.2 Å². The van der Waals surface area contributed by atoms with E-state index in [0.29, 0.717) is 12.0 Å². The van der Waals surface area contributed by atoms with Crippen molar-refractivity contribution >= 4 is 22.3 Å². The first-order valence-electron chi connectivity index (χ1n) is 7.28. The van der Waals surface area contributed by atoms with Crippen molar-refractivity contribution in [1.82, 2.24) is 10.3 Å². The van der Waals surface area contributed by atoms with Crippen LogP contribution in [0.25, 0.3) is 10.9 Å². The number of nitrogens with zero attached hydrogens (tertiary/aromatic N) is 2. The van der Waals surface area contributed by atoms with Gasteiger partial charge < -0.3 is 16.0 Å². The van der Waals surface area contributed by atoms with Gasteiger partial charge in [0.1, 0.15) is 0 Å². The number of fused-ring (bicyclic) bond motifs is 1. The SMILES string of the molecule is CC(C)[C@@H]1CN(c2ccnc3ccc(N)cc23)CCN1. The number of nitrogens with two attached hydrogens (primary N) is 1. The molecule has 0 amide bonds. The third kappa shape index (κ3) is 2.43. The number of hydrogen-bond donors (Lipinski definition) is 2. The second kappa shape index (κ2) is 5.29. The Morgan fingerprint density at radius 2 is 2.20 bits per heavy atom. The molecule has 1 aromatic carbocycles. The number of nitrogen functional groups attached to an aromatic ring is 1. The van der Waals surface area contributed by atoms with E-state index in [0.717, 1.165) is 36.2 Å². The molecule has 1 fully saturated rings. The Labute approximate surface area is 120 Å². The molecule has 3 rings (SSSR count). The smallest absolute Gasteiger partial charge is 0.0724 e. The fourth-order valence-electron chi connectivity index (χ4n) is 2.87. The molecular formula is C16H22N4. The lowest BCUT2D eigenvalue weighted by Crippen LogP contribution is -2.53. The molecule has 1 aromatic heterocycles. The van der Waals surface area contributed by atoms with Crippen molar-refractivity contribution < 1.29 is 0 Å². The lowest BCUT2D eigenvalue weighted by molar-refractivity contribution is 0.369. The van der Waals surface area contributed by atoms with Gasteiger partial charge in [0, 0.05) is 48.6 Å². The Hall–Kier alpha value is -1.81. The lowest BCUT2D eigenvalue weighted by atomic mass is 10.0. The second-order valence-corrected chi connectivity index (χ2v) is 5.86. The number of anilines is 2. The van der Waals surface area contributed by atoms with Crippen LogP contribution in [0.5, 0.6) is 0 Å². The molecule has 1 atom stereocenters. The van der Waals surface area contributed by atoms with E-state index in [2.05, 4.69) is 35.1 Å². The molecule has 1 aliphatic rings. The van der Waals surface area contributed by atoms with Crippen LogP contribution in [0.3, 0.4) is 0 Å². The number of piperazine rings is 1. The number of rotatable bonds is 2. The van der Waals surface area contributed by atoms with E-state index in [-0.39, 0.29) is 0 Å². The zero-order valence-electron chi connectivity index (χ0n) is 12.1. The zero-order chi connectivity index (χ0) is 14.1. The molecule has 4 heteroatoms. The van der Waals surface area contributed by atoms with E-state index < -0.39 is 0 Å². The lowest BCUT2D eigenvalue weighted by Gasteiger charge is -2.37. The molecule has 0 unspecified atom stereocenters. The molecule has 20 heavy (non-hydrogen) atoms. The fraction of sp³-hybridized carbons (Fsp3) is 0.438. The van der Waals surface area contributed by atoms with E-state index in [1.807, 2.05) is 24.4 Å². The second-order valence-electron chi connectivity index (χ2n) is 5.86. The van der Waals surface area contributed by atoms with Crippen LogP contribution in [-0.4, -0.2) is 30.7 Å². The Balaban J connectivity index is 1.99. The minimum absolute atomic E-state index is 0.535. The normalized spacial score (nSPS) is 19.8. The highest BCUT2D eigenvalue weighted by atomic mass is 15.2. The zero-order valence-corrected chi connectivity index (χ0v) is 12.1. The van der Waals surface area contributed by atoms with Crippen LogP contribution >= 0.6 is 0 Å². The number of hydrogen-bond acceptors (Lipinski definition) is 4. The summed E-state index contributed by atoms with van der Waals surface area (Å²) in [6, 6.07) is 8.58. The summed E-state index contributed by atoms with van der Waals surface area (Å²) in [5.74, 6) is 0.635. The monoisotopic (exact) mass is 270 g/mol. The van der Waals surface area contributed by atoms with Gasteiger partial charge in [0.25, 0.3) is 0 Å².